The van der Waals surface area contributed by atoms with Crippen LogP contribution < -0.4 is 5.32 Å². The average Bonchev–Trinajstić information content (AvgIpc) is 3.38. The molecule has 3 aliphatic heterocycles. The van der Waals surface area contributed by atoms with Crippen LogP contribution in [0.15, 0.2) is 34.9 Å². The number of hydrogen-bond donors (Lipinski definition) is 2. The normalized spacial score (nSPS) is 28.0. The van der Waals surface area contributed by atoms with Gasteiger partial charge in [-0.15, -0.1) is 11.8 Å². The second-order valence-electron chi connectivity index (χ2n) is 9.64. The molecule has 0 bridgehead atoms. The van der Waals surface area contributed by atoms with Crippen molar-refractivity contribution < 1.29 is 29.2 Å². The van der Waals surface area contributed by atoms with E-state index in [1.54, 1.807) is 25.9 Å². The fourth-order valence-corrected chi connectivity index (χ4v) is 6.55. The molecule has 0 aliphatic carbocycles. The van der Waals surface area contributed by atoms with Gasteiger partial charge >= 0.3 is 5.97 Å². The lowest BCUT2D eigenvalue weighted by Crippen LogP contribution is -2.63. The molecular formula is C24H30N4O7S. The SMILES string of the molecule is CC(O)[C@H]1C(=O)N2C(C(=O)OCc3ccc([N+](=O)[O-])cc3)=C(S[C@@H]3CN[C@H](C(=O)N(C)C)C3)[C@H](C)[C@H]12. The maximum atomic E-state index is 13.3. The molecule has 1 unspecified atom stereocenters. The van der Waals surface area contributed by atoms with E-state index < -0.39 is 22.9 Å². The van der Waals surface area contributed by atoms with Gasteiger partial charge in [-0.1, -0.05) is 6.92 Å². The molecule has 194 valence electrons. The molecule has 2 fully saturated rings. The van der Waals surface area contributed by atoms with Crippen LogP contribution >= 0.6 is 11.8 Å². The Morgan fingerprint density at radius 3 is 2.58 bits per heavy atom. The largest absolute Gasteiger partial charge is 0.456 e. The molecule has 3 aliphatic rings. The number of nitrogens with zero attached hydrogens (tertiary/aromatic N) is 3. The summed E-state index contributed by atoms with van der Waals surface area (Å²) in [6.07, 6.45) is -0.264. The fraction of sp³-hybridized carbons (Fsp3) is 0.542. The van der Waals surface area contributed by atoms with Gasteiger partial charge < -0.3 is 25.0 Å². The van der Waals surface area contributed by atoms with E-state index in [9.17, 15) is 29.6 Å². The minimum atomic E-state index is -0.849. The standard InChI is InChI=1S/C24H30N4O7S/c1-12-19-18(13(2)29)23(31)27(19)20(21(12)36-16-9-17(25-10-16)22(30)26(3)4)24(32)35-11-14-5-7-15(8-6-14)28(33)34/h5-8,12-13,16-19,25,29H,9-11H2,1-4H3/t12-,13?,16+,17+,18-,19-/m1/s1. The Kier molecular flexibility index (Phi) is 7.39. The number of amides is 2. The Morgan fingerprint density at radius 2 is 2.00 bits per heavy atom. The zero-order valence-corrected chi connectivity index (χ0v) is 21.4. The number of ether oxygens (including phenoxy) is 1. The van der Waals surface area contributed by atoms with Gasteiger partial charge in [0.05, 0.1) is 29.0 Å². The van der Waals surface area contributed by atoms with Gasteiger partial charge in [0, 0.05) is 48.8 Å². The fourth-order valence-electron chi connectivity index (χ4n) is 5.07. The van der Waals surface area contributed by atoms with Crippen molar-refractivity contribution in [3.05, 3.63) is 50.5 Å². The van der Waals surface area contributed by atoms with Crippen LogP contribution in [0.1, 0.15) is 25.8 Å². The number of carbonyl (C=O) groups is 3. The van der Waals surface area contributed by atoms with Crippen molar-refractivity contribution in [3.8, 4) is 0 Å². The number of nitro benzene ring substituents is 1. The van der Waals surface area contributed by atoms with Gasteiger partial charge in [-0.3, -0.25) is 19.7 Å². The molecule has 0 aromatic heterocycles. The summed E-state index contributed by atoms with van der Waals surface area (Å²) >= 11 is 1.48. The summed E-state index contributed by atoms with van der Waals surface area (Å²) in [6.45, 7) is 3.98. The van der Waals surface area contributed by atoms with Crippen LogP contribution in [0.4, 0.5) is 5.69 Å². The Hall–Kier alpha value is -2.96. The molecule has 1 aromatic rings. The first-order chi connectivity index (χ1) is 17.0. The molecular weight excluding hydrogens is 488 g/mol. The van der Waals surface area contributed by atoms with Gasteiger partial charge in [0.15, 0.2) is 0 Å². The van der Waals surface area contributed by atoms with E-state index in [-0.39, 0.29) is 53.1 Å². The minimum Gasteiger partial charge on any atom is -0.456 e. The highest BCUT2D eigenvalue weighted by Gasteiger charge is 2.60. The Morgan fingerprint density at radius 1 is 1.33 bits per heavy atom. The number of rotatable bonds is 8. The number of nitro groups is 1. The number of β-lactam (4-membered cyclic amide) rings is 1. The third kappa shape index (κ3) is 4.72. The zero-order chi connectivity index (χ0) is 26.3. The number of aliphatic hydroxyl groups is 1. The first-order valence-corrected chi connectivity index (χ1v) is 12.7. The summed E-state index contributed by atoms with van der Waals surface area (Å²) in [6, 6.07) is 5.05. The van der Waals surface area contributed by atoms with E-state index in [0.29, 0.717) is 18.5 Å². The number of fused-ring (bicyclic) bond motifs is 1. The number of thioether (sulfide) groups is 1. The molecule has 2 N–H and O–H groups in total. The smallest absolute Gasteiger partial charge is 0.356 e. The second-order valence-corrected chi connectivity index (χ2v) is 11.0. The van der Waals surface area contributed by atoms with Crippen LogP contribution in [0, 0.1) is 22.0 Å². The quantitative estimate of drug-likeness (QED) is 0.225. The molecule has 2 amide bonds. The van der Waals surface area contributed by atoms with E-state index in [1.807, 2.05) is 6.92 Å². The maximum Gasteiger partial charge on any atom is 0.356 e. The number of likely N-dealkylation sites (N-methyl/N-ethyl adjacent to an activating group) is 1. The van der Waals surface area contributed by atoms with Crippen LogP contribution in [0.5, 0.6) is 0 Å². The topological polar surface area (TPSA) is 142 Å². The van der Waals surface area contributed by atoms with Gasteiger partial charge in [0.25, 0.3) is 5.69 Å². The highest BCUT2D eigenvalue weighted by Crippen LogP contribution is 2.52. The van der Waals surface area contributed by atoms with E-state index in [1.165, 1.54) is 40.9 Å². The molecule has 3 heterocycles. The van der Waals surface area contributed by atoms with Crippen LogP contribution in [0.3, 0.4) is 0 Å². The monoisotopic (exact) mass is 518 g/mol. The second kappa shape index (κ2) is 10.2. The third-order valence-electron chi connectivity index (χ3n) is 6.94. The predicted octanol–water partition coefficient (Wildman–Crippen LogP) is 1.26. The number of esters is 1. The van der Waals surface area contributed by atoms with Gasteiger partial charge in [0.1, 0.15) is 12.3 Å². The molecule has 1 aromatic carbocycles. The van der Waals surface area contributed by atoms with E-state index in [0.717, 1.165) is 4.91 Å². The van der Waals surface area contributed by atoms with Crippen molar-refractivity contribution in [2.75, 3.05) is 20.6 Å². The highest BCUT2D eigenvalue weighted by atomic mass is 32.2. The van der Waals surface area contributed by atoms with E-state index >= 15 is 0 Å². The molecule has 0 spiro atoms. The molecule has 0 saturated carbocycles. The molecule has 2 saturated heterocycles. The lowest BCUT2D eigenvalue weighted by molar-refractivity contribution is -0.384. The zero-order valence-electron chi connectivity index (χ0n) is 20.5. The molecule has 6 atom stereocenters. The molecule has 36 heavy (non-hydrogen) atoms. The number of carbonyl (C=O) groups excluding carboxylic acids is 3. The van der Waals surface area contributed by atoms with Crippen LogP contribution in [0.25, 0.3) is 0 Å². The van der Waals surface area contributed by atoms with Crippen molar-refractivity contribution in [3.63, 3.8) is 0 Å². The van der Waals surface area contributed by atoms with Gasteiger partial charge in [-0.05, 0) is 31.0 Å². The number of non-ortho nitro benzene ring substituents is 1. The predicted molar refractivity (Wildman–Crippen MR) is 131 cm³/mol. The van der Waals surface area contributed by atoms with Gasteiger partial charge in [-0.2, -0.15) is 0 Å². The molecule has 11 nitrogen and oxygen atoms in total. The summed E-state index contributed by atoms with van der Waals surface area (Å²) in [5.74, 6) is -1.76. The molecule has 4 rings (SSSR count). The first kappa shape index (κ1) is 26.1. The van der Waals surface area contributed by atoms with E-state index in [4.69, 9.17) is 4.74 Å². The average molecular weight is 519 g/mol. The van der Waals surface area contributed by atoms with Crippen molar-refractivity contribution in [2.24, 2.45) is 11.8 Å². The van der Waals surface area contributed by atoms with Crippen molar-refractivity contribution >= 4 is 35.2 Å². The van der Waals surface area contributed by atoms with Gasteiger partial charge in [-0.25, -0.2) is 4.79 Å². The summed E-state index contributed by atoms with van der Waals surface area (Å²) in [4.78, 5) is 52.6. The Balaban J connectivity index is 1.53. The summed E-state index contributed by atoms with van der Waals surface area (Å²) < 4.78 is 5.53. The lowest BCUT2D eigenvalue weighted by atomic mass is 9.79. The third-order valence-corrected chi connectivity index (χ3v) is 8.45. The van der Waals surface area contributed by atoms with Crippen molar-refractivity contribution in [1.29, 1.82) is 0 Å². The van der Waals surface area contributed by atoms with Crippen LogP contribution in [0.2, 0.25) is 0 Å². The summed E-state index contributed by atoms with van der Waals surface area (Å²) in [5.41, 5.74) is 0.697. The summed E-state index contributed by atoms with van der Waals surface area (Å²) in [5, 5.41) is 24.3. The first-order valence-electron chi connectivity index (χ1n) is 11.8. The minimum absolute atomic E-state index is 0.0116. The molecule has 0 radical (unpaired) electrons. The number of hydrogen-bond acceptors (Lipinski definition) is 9. The van der Waals surface area contributed by atoms with Crippen molar-refractivity contribution in [2.45, 2.75) is 50.3 Å². The highest BCUT2D eigenvalue weighted by molar-refractivity contribution is 8.03. The van der Waals surface area contributed by atoms with Gasteiger partial charge in [0.2, 0.25) is 11.8 Å². The van der Waals surface area contributed by atoms with Crippen LogP contribution in [-0.2, 0) is 25.7 Å². The Labute approximate surface area is 213 Å². The Bertz CT molecular complexity index is 1100. The van der Waals surface area contributed by atoms with Crippen molar-refractivity contribution in [1.82, 2.24) is 15.1 Å². The number of benzene rings is 1. The molecule has 12 heteroatoms. The number of nitrogens with one attached hydrogen (secondary N) is 1. The maximum absolute atomic E-state index is 13.3. The summed E-state index contributed by atoms with van der Waals surface area (Å²) in [7, 11) is 3.41. The van der Waals surface area contributed by atoms with E-state index in [2.05, 4.69) is 5.32 Å². The van der Waals surface area contributed by atoms with Crippen LogP contribution in [-0.4, -0.2) is 81.7 Å². The number of aliphatic hydroxyl groups excluding tert-OH is 1. The lowest BCUT2D eigenvalue weighted by Gasteiger charge is -2.46.